The molecule has 7 heteroatoms. The van der Waals surface area contributed by atoms with Crippen LogP contribution in [0.1, 0.15) is 19.8 Å². The van der Waals surface area contributed by atoms with Crippen LogP contribution in [-0.2, 0) is 11.3 Å². The lowest BCUT2D eigenvalue weighted by atomic mass is 9.99. The van der Waals surface area contributed by atoms with Gasteiger partial charge in [0.2, 0.25) is 0 Å². The van der Waals surface area contributed by atoms with Crippen molar-refractivity contribution in [2.24, 2.45) is 0 Å². The van der Waals surface area contributed by atoms with Gasteiger partial charge >= 0.3 is 0 Å². The fourth-order valence-electron chi connectivity index (χ4n) is 2.54. The maximum absolute atomic E-state index is 12.1. The van der Waals surface area contributed by atoms with E-state index in [4.69, 9.17) is 16.3 Å². The van der Waals surface area contributed by atoms with Crippen molar-refractivity contribution >= 4 is 17.3 Å². The largest absolute Gasteiger partial charge is 0.383 e. The molecule has 1 aromatic rings. The molecule has 0 bridgehead atoms. The molecule has 1 saturated heterocycles. The number of rotatable bonds is 5. The number of ether oxygens (including phenoxy) is 1. The second-order valence-corrected chi connectivity index (χ2v) is 5.97. The van der Waals surface area contributed by atoms with Gasteiger partial charge in [0.15, 0.2) is 0 Å². The monoisotopic (exact) mass is 314 g/mol. The molecule has 1 aromatic heterocycles. The van der Waals surface area contributed by atoms with E-state index >= 15 is 0 Å². The Morgan fingerprint density at radius 2 is 2.33 bits per heavy atom. The van der Waals surface area contributed by atoms with E-state index in [1.54, 1.807) is 13.3 Å². The van der Waals surface area contributed by atoms with Crippen molar-refractivity contribution in [3.8, 4) is 0 Å². The van der Waals surface area contributed by atoms with Crippen LogP contribution in [0, 0.1) is 0 Å². The Morgan fingerprint density at radius 1 is 1.57 bits per heavy atom. The number of hydrogen-bond acceptors (Lipinski definition) is 5. The average Bonchev–Trinajstić information content (AvgIpc) is 2.47. The van der Waals surface area contributed by atoms with Crippen LogP contribution >= 0.6 is 11.6 Å². The summed E-state index contributed by atoms with van der Waals surface area (Å²) in [6.07, 6.45) is 3.69. The van der Waals surface area contributed by atoms with Crippen LogP contribution in [0.25, 0.3) is 0 Å². The molecule has 2 unspecified atom stereocenters. The molecule has 0 radical (unpaired) electrons. The van der Waals surface area contributed by atoms with Crippen LogP contribution in [0.15, 0.2) is 11.0 Å². The number of anilines is 1. The van der Waals surface area contributed by atoms with Gasteiger partial charge in [0.25, 0.3) is 5.56 Å². The van der Waals surface area contributed by atoms with E-state index in [0.717, 1.165) is 19.4 Å². The third-order valence-corrected chi connectivity index (χ3v) is 4.43. The van der Waals surface area contributed by atoms with Gasteiger partial charge < -0.3 is 15.0 Å². The summed E-state index contributed by atoms with van der Waals surface area (Å²) in [7, 11) is 3.72. The summed E-state index contributed by atoms with van der Waals surface area (Å²) >= 11 is 6.17. The number of hydrogen-bond donors (Lipinski definition) is 1. The summed E-state index contributed by atoms with van der Waals surface area (Å²) in [5, 5.41) is 7.70. The Labute approximate surface area is 130 Å². The van der Waals surface area contributed by atoms with E-state index in [-0.39, 0.29) is 10.6 Å². The molecule has 21 heavy (non-hydrogen) atoms. The van der Waals surface area contributed by atoms with Gasteiger partial charge in [-0.15, -0.1) is 0 Å². The van der Waals surface area contributed by atoms with Crippen molar-refractivity contribution in [2.45, 2.75) is 38.4 Å². The van der Waals surface area contributed by atoms with E-state index in [1.807, 2.05) is 0 Å². The number of nitrogens with one attached hydrogen (secondary N) is 1. The van der Waals surface area contributed by atoms with E-state index in [2.05, 4.69) is 29.3 Å². The molecule has 0 aliphatic carbocycles. The highest BCUT2D eigenvalue weighted by atomic mass is 35.5. The van der Waals surface area contributed by atoms with Gasteiger partial charge in [0, 0.05) is 25.7 Å². The lowest BCUT2D eigenvalue weighted by molar-refractivity contribution is 0.181. The van der Waals surface area contributed by atoms with Gasteiger partial charge in [-0.1, -0.05) is 11.6 Å². The Morgan fingerprint density at radius 3 is 3.00 bits per heavy atom. The second-order valence-electron chi connectivity index (χ2n) is 5.59. The van der Waals surface area contributed by atoms with Crippen LogP contribution < -0.4 is 10.9 Å². The minimum atomic E-state index is -0.278. The molecule has 0 amide bonds. The molecule has 2 rings (SSSR count). The van der Waals surface area contributed by atoms with Crippen molar-refractivity contribution in [1.29, 1.82) is 0 Å². The topological polar surface area (TPSA) is 59.4 Å². The molecule has 2 heterocycles. The van der Waals surface area contributed by atoms with Gasteiger partial charge in [-0.25, -0.2) is 4.68 Å². The van der Waals surface area contributed by atoms with E-state index in [1.165, 1.54) is 4.68 Å². The highest BCUT2D eigenvalue weighted by Crippen LogP contribution is 2.22. The molecule has 1 fully saturated rings. The molecule has 1 aliphatic heterocycles. The number of likely N-dealkylation sites (tertiary alicyclic amines) is 1. The molecular weight excluding hydrogens is 292 g/mol. The van der Waals surface area contributed by atoms with E-state index in [0.29, 0.717) is 30.9 Å². The zero-order valence-corrected chi connectivity index (χ0v) is 13.6. The SMILES string of the molecule is COCCn1ncc(NC2CCN(C)C(C)C2)c(Cl)c1=O. The lowest BCUT2D eigenvalue weighted by Crippen LogP contribution is -2.43. The van der Waals surface area contributed by atoms with Crippen LogP contribution in [0.4, 0.5) is 5.69 Å². The minimum absolute atomic E-state index is 0.202. The zero-order chi connectivity index (χ0) is 15.4. The number of nitrogens with zero attached hydrogens (tertiary/aromatic N) is 3. The maximum atomic E-state index is 12.1. The van der Waals surface area contributed by atoms with Crippen molar-refractivity contribution in [2.75, 3.05) is 32.6 Å². The summed E-state index contributed by atoms with van der Waals surface area (Å²) in [6, 6.07) is 0.842. The highest BCUT2D eigenvalue weighted by Gasteiger charge is 2.23. The Kier molecular flexibility index (Phi) is 5.61. The van der Waals surface area contributed by atoms with Crippen LogP contribution in [0.2, 0.25) is 5.02 Å². The van der Waals surface area contributed by atoms with Gasteiger partial charge in [-0.2, -0.15) is 5.10 Å². The Hall–Kier alpha value is -1.11. The summed E-state index contributed by atoms with van der Waals surface area (Å²) in [5.74, 6) is 0. The van der Waals surface area contributed by atoms with Gasteiger partial charge in [0.1, 0.15) is 5.02 Å². The molecular formula is C14H23ClN4O2. The number of methoxy groups -OCH3 is 1. The van der Waals surface area contributed by atoms with Crippen molar-refractivity contribution < 1.29 is 4.74 Å². The summed E-state index contributed by atoms with van der Waals surface area (Å²) in [5.41, 5.74) is 0.344. The van der Waals surface area contributed by atoms with Crippen LogP contribution in [0.3, 0.4) is 0 Å². The van der Waals surface area contributed by atoms with E-state index < -0.39 is 0 Å². The lowest BCUT2D eigenvalue weighted by Gasteiger charge is -2.35. The van der Waals surface area contributed by atoms with Crippen LogP contribution in [0.5, 0.6) is 0 Å². The van der Waals surface area contributed by atoms with E-state index in [9.17, 15) is 4.79 Å². The number of halogens is 1. The van der Waals surface area contributed by atoms with Crippen LogP contribution in [-0.4, -0.2) is 54.1 Å². The van der Waals surface area contributed by atoms with Gasteiger partial charge in [-0.05, 0) is 26.8 Å². The molecule has 0 saturated carbocycles. The molecule has 0 aromatic carbocycles. The molecule has 0 spiro atoms. The summed E-state index contributed by atoms with van der Waals surface area (Å²) in [6.45, 7) is 4.08. The standard InChI is InChI=1S/C14H23ClN4O2/c1-10-8-11(4-5-18(10)2)17-12-9-16-19(6-7-21-3)14(20)13(12)15/h9-11,17H,4-8H2,1-3H3. The first-order valence-corrected chi connectivity index (χ1v) is 7.62. The predicted molar refractivity (Wildman–Crippen MR) is 84.1 cm³/mol. The number of piperidine rings is 1. The first-order chi connectivity index (χ1) is 10.0. The number of aromatic nitrogens is 2. The fourth-order valence-corrected chi connectivity index (χ4v) is 2.74. The molecule has 6 nitrogen and oxygen atoms in total. The molecule has 2 atom stereocenters. The fraction of sp³-hybridized carbons (Fsp3) is 0.714. The first-order valence-electron chi connectivity index (χ1n) is 7.24. The van der Waals surface area contributed by atoms with Crippen molar-refractivity contribution in [1.82, 2.24) is 14.7 Å². The smallest absolute Gasteiger partial charge is 0.287 e. The van der Waals surface area contributed by atoms with Crippen molar-refractivity contribution in [3.05, 3.63) is 21.6 Å². The molecule has 1 aliphatic rings. The van der Waals surface area contributed by atoms with Gasteiger partial charge in [-0.3, -0.25) is 4.79 Å². The zero-order valence-electron chi connectivity index (χ0n) is 12.8. The second kappa shape index (κ2) is 7.24. The third-order valence-electron chi connectivity index (χ3n) is 4.06. The Bertz CT molecular complexity index is 534. The first kappa shape index (κ1) is 16.3. The minimum Gasteiger partial charge on any atom is -0.383 e. The average molecular weight is 315 g/mol. The maximum Gasteiger partial charge on any atom is 0.287 e. The summed E-state index contributed by atoms with van der Waals surface area (Å²) in [4.78, 5) is 14.5. The Balaban J connectivity index is 2.07. The normalized spacial score (nSPS) is 23.2. The summed E-state index contributed by atoms with van der Waals surface area (Å²) < 4.78 is 6.28. The third kappa shape index (κ3) is 3.96. The quantitative estimate of drug-likeness (QED) is 0.891. The molecule has 118 valence electrons. The van der Waals surface area contributed by atoms with Gasteiger partial charge in [0.05, 0.1) is 25.0 Å². The van der Waals surface area contributed by atoms with Crippen molar-refractivity contribution in [3.63, 3.8) is 0 Å². The molecule has 1 N–H and O–H groups in total. The highest BCUT2D eigenvalue weighted by molar-refractivity contribution is 6.32. The predicted octanol–water partition coefficient (Wildman–Crippen LogP) is 1.44.